The Labute approximate surface area is 131 Å². The standard InChI is InChI=1S/C16H23N3O3/c1-17-9-10-19(15(20)12-18(2)16(21)22-3)14(11-17)13-7-5-4-6-8-13/h4-8,14H,9-12H2,1-3H3/t14-/m0/s1. The SMILES string of the molecule is COC(=O)N(C)CC(=O)N1CCN(C)C[C@H]1c1ccccc1. The molecule has 0 radical (unpaired) electrons. The Hall–Kier alpha value is -2.08. The Morgan fingerprint density at radius 3 is 2.59 bits per heavy atom. The molecule has 2 amide bonds. The number of likely N-dealkylation sites (N-methyl/N-ethyl adjacent to an activating group) is 2. The third-order valence-electron chi connectivity index (χ3n) is 3.95. The normalized spacial score (nSPS) is 18.9. The maximum atomic E-state index is 12.6. The van der Waals surface area contributed by atoms with Crippen LogP contribution >= 0.6 is 0 Å². The highest BCUT2D eigenvalue weighted by Gasteiger charge is 2.31. The van der Waals surface area contributed by atoms with Gasteiger partial charge in [-0.05, 0) is 12.6 Å². The van der Waals surface area contributed by atoms with Crippen LogP contribution in [0.15, 0.2) is 30.3 Å². The Morgan fingerprint density at radius 2 is 1.95 bits per heavy atom. The van der Waals surface area contributed by atoms with E-state index in [1.807, 2.05) is 35.2 Å². The van der Waals surface area contributed by atoms with E-state index in [-0.39, 0.29) is 18.5 Å². The molecule has 1 aliphatic heterocycles. The van der Waals surface area contributed by atoms with Gasteiger partial charge in [0.2, 0.25) is 5.91 Å². The van der Waals surface area contributed by atoms with E-state index in [1.165, 1.54) is 12.0 Å². The van der Waals surface area contributed by atoms with E-state index >= 15 is 0 Å². The molecule has 120 valence electrons. The monoisotopic (exact) mass is 305 g/mol. The van der Waals surface area contributed by atoms with E-state index in [0.717, 1.165) is 18.7 Å². The van der Waals surface area contributed by atoms with Crippen molar-refractivity contribution in [2.24, 2.45) is 0 Å². The number of hydrogen-bond donors (Lipinski definition) is 0. The number of rotatable bonds is 3. The number of carbonyl (C=O) groups is 2. The topological polar surface area (TPSA) is 53.1 Å². The molecule has 0 unspecified atom stereocenters. The molecule has 0 N–H and O–H groups in total. The van der Waals surface area contributed by atoms with Crippen LogP contribution in [-0.2, 0) is 9.53 Å². The van der Waals surface area contributed by atoms with Gasteiger partial charge in [0.05, 0.1) is 13.2 Å². The average Bonchev–Trinajstić information content (AvgIpc) is 2.54. The summed E-state index contributed by atoms with van der Waals surface area (Å²) in [5.74, 6) is -0.0603. The van der Waals surface area contributed by atoms with Crippen LogP contribution in [0.5, 0.6) is 0 Å². The van der Waals surface area contributed by atoms with Crippen molar-refractivity contribution in [3.8, 4) is 0 Å². The Bertz CT molecular complexity index is 521. The van der Waals surface area contributed by atoms with Crippen LogP contribution in [0, 0.1) is 0 Å². The van der Waals surface area contributed by atoms with Gasteiger partial charge < -0.3 is 19.4 Å². The number of hydrogen-bond acceptors (Lipinski definition) is 4. The summed E-state index contributed by atoms with van der Waals surface area (Å²) in [7, 11) is 4.93. The zero-order chi connectivity index (χ0) is 16.1. The van der Waals surface area contributed by atoms with E-state index in [1.54, 1.807) is 7.05 Å². The smallest absolute Gasteiger partial charge is 0.409 e. The molecule has 0 bridgehead atoms. The first-order valence-electron chi connectivity index (χ1n) is 7.35. The van der Waals surface area contributed by atoms with Gasteiger partial charge >= 0.3 is 6.09 Å². The molecule has 6 nitrogen and oxygen atoms in total. The number of nitrogens with zero attached hydrogens (tertiary/aromatic N) is 3. The van der Waals surface area contributed by atoms with Crippen molar-refractivity contribution in [3.63, 3.8) is 0 Å². The van der Waals surface area contributed by atoms with E-state index in [0.29, 0.717) is 6.54 Å². The quantitative estimate of drug-likeness (QED) is 0.842. The summed E-state index contributed by atoms with van der Waals surface area (Å²) in [6.45, 7) is 2.30. The van der Waals surface area contributed by atoms with Crippen LogP contribution in [0.4, 0.5) is 4.79 Å². The van der Waals surface area contributed by atoms with Crippen molar-refractivity contribution in [1.29, 1.82) is 0 Å². The fourth-order valence-corrected chi connectivity index (χ4v) is 2.69. The summed E-state index contributed by atoms with van der Waals surface area (Å²) in [5, 5.41) is 0. The maximum Gasteiger partial charge on any atom is 0.409 e. The van der Waals surface area contributed by atoms with Gasteiger partial charge in [0, 0.05) is 26.7 Å². The lowest BCUT2D eigenvalue weighted by Crippen LogP contribution is -2.52. The summed E-state index contributed by atoms with van der Waals surface area (Å²) >= 11 is 0. The van der Waals surface area contributed by atoms with E-state index in [4.69, 9.17) is 0 Å². The van der Waals surface area contributed by atoms with Gasteiger partial charge in [-0.3, -0.25) is 4.79 Å². The molecule has 0 aliphatic carbocycles. The van der Waals surface area contributed by atoms with Crippen LogP contribution in [0.3, 0.4) is 0 Å². The predicted octanol–water partition coefficient (Wildman–Crippen LogP) is 1.20. The van der Waals surface area contributed by atoms with Crippen LogP contribution < -0.4 is 0 Å². The third-order valence-corrected chi connectivity index (χ3v) is 3.95. The van der Waals surface area contributed by atoms with Crippen LogP contribution in [0.1, 0.15) is 11.6 Å². The molecule has 1 fully saturated rings. The van der Waals surface area contributed by atoms with Crippen molar-refractivity contribution < 1.29 is 14.3 Å². The highest BCUT2D eigenvalue weighted by Crippen LogP contribution is 2.24. The Balaban J connectivity index is 2.12. The van der Waals surface area contributed by atoms with E-state index in [2.05, 4.69) is 16.7 Å². The molecule has 0 spiro atoms. The molecule has 6 heteroatoms. The van der Waals surface area contributed by atoms with Crippen molar-refractivity contribution in [3.05, 3.63) is 35.9 Å². The number of methoxy groups -OCH3 is 1. The Kier molecular flexibility index (Phi) is 5.38. The molecule has 1 aromatic carbocycles. The van der Waals surface area contributed by atoms with Crippen LogP contribution in [-0.4, -0.2) is 74.1 Å². The minimum atomic E-state index is -0.501. The fraction of sp³-hybridized carbons (Fsp3) is 0.500. The second kappa shape index (κ2) is 7.26. The highest BCUT2D eigenvalue weighted by molar-refractivity contribution is 5.82. The molecule has 1 heterocycles. The van der Waals surface area contributed by atoms with Crippen molar-refractivity contribution in [1.82, 2.24) is 14.7 Å². The first kappa shape index (κ1) is 16.3. The summed E-state index contributed by atoms with van der Waals surface area (Å²) in [6.07, 6.45) is -0.501. The fourth-order valence-electron chi connectivity index (χ4n) is 2.69. The van der Waals surface area contributed by atoms with Gasteiger partial charge in [0.25, 0.3) is 0 Å². The third kappa shape index (κ3) is 3.76. The first-order valence-corrected chi connectivity index (χ1v) is 7.35. The van der Waals surface area contributed by atoms with Gasteiger partial charge in [0.1, 0.15) is 6.54 Å². The molecular formula is C16H23N3O3. The molecule has 1 aliphatic rings. The second-order valence-corrected chi connectivity index (χ2v) is 5.60. The zero-order valence-corrected chi connectivity index (χ0v) is 13.4. The predicted molar refractivity (Wildman–Crippen MR) is 83.4 cm³/mol. The number of piperazine rings is 1. The lowest BCUT2D eigenvalue weighted by Gasteiger charge is -2.40. The zero-order valence-electron chi connectivity index (χ0n) is 13.4. The number of carbonyl (C=O) groups excluding carboxylic acids is 2. The van der Waals surface area contributed by atoms with Gasteiger partial charge in [-0.15, -0.1) is 0 Å². The highest BCUT2D eigenvalue weighted by atomic mass is 16.5. The maximum absolute atomic E-state index is 12.6. The van der Waals surface area contributed by atoms with Crippen LogP contribution in [0.2, 0.25) is 0 Å². The molecule has 0 aromatic heterocycles. The number of benzene rings is 1. The van der Waals surface area contributed by atoms with Crippen molar-refractivity contribution >= 4 is 12.0 Å². The van der Waals surface area contributed by atoms with Crippen molar-refractivity contribution in [2.45, 2.75) is 6.04 Å². The largest absolute Gasteiger partial charge is 0.453 e. The molecule has 1 aromatic rings. The molecular weight excluding hydrogens is 282 g/mol. The van der Waals surface area contributed by atoms with Gasteiger partial charge in [-0.2, -0.15) is 0 Å². The number of amides is 2. The lowest BCUT2D eigenvalue weighted by atomic mass is 10.0. The first-order chi connectivity index (χ1) is 10.5. The van der Waals surface area contributed by atoms with Gasteiger partial charge in [0.15, 0.2) is 0 Å². The van der Waals surface area contributed by atoms with Crippen molar-refractivity contribution in [2.75, 3.05) is 47.4 Å². The van der Waals surface area contributed by atoms with E-state index in [9.17, 15) is 9.59 Å². The number of ether oxygens (including phenoxy) is 1. The van der Waals surface area contributed by atoms with Gasteiger partial charge in [-0.1, -0.05) is 30.3 Å². The van der Waals surface area contributed by atoms with Crippen LogP contribution in [0.25, 0.3) is 0 Å². The summed E-state index contributed by atoms with van der Waals surface area (Å²) < 4.78 is 4.64. The summed E-state index contributed by atoms with van der Waals surface area (Å²) in [4.78, 5) is 29.4. The molecule has 1 saturated heterocycles. The molecule has 2 rings (SSSR count). The Morgan fingerprint density at radius 1 is 1.27 bits per heavy atom. The van der Waals surface area contributed by atoms with E-state index < -0.39 is 6.09 Å². The minimum Gasteiger partial charge on any atom is -0.453 e. The molecule has 22 heavy (non-hydrogen) atoms. The molecule has 1 atom stereocenters. The summed E-state index contributed by atoms with van der Waals surface area (Å²) in [6, 6.07) is 10.0. The van der Waals surface area contributed by atoms with Gasteiger partial charge in [-0.25, -0.2) is 4.79 Å². The summed E-state index contributed by atoms with van der Waals surface area (Å²) in [5.41, 5.74) is 1.11. The molecule has 0 saturated carbocycles. The second-order valence-electron chi connectivity index (χ2n) is 5.60. The average molecular weight is 305 g/mol. The minimum absolute atomic E-state index is 0.0125. The lowest BCUT2D eigenvalue weighted by molar-refractivity contribution is -0.136.